The normalized spacial score (nSPS) is 12.3. The van der Waals surface area contributed by atoms with E-state index in [1.54, 1.807) is 0 Å². The van der Waals surface area contributed by atoms with Gasteiger partial charge >= 0.3 is 17.9 Å². The zero-order valence-electron chi connectivity index (χ0n) is 39.6. The number of esters is 3. The average Bonchev–Trinajstić information content (AvgIpc) is 3.17. The molecule has 0 aliphatic rings. The molecule has 3 amide bonds. The predicted molar refractivity (Wildman–Crippen MR) is 243 cm³/mol. The second-order valence-corrected chi connectivity index (χ2v) is 17.3. The average molecular weight is 861 g/mol. The smallest absolute Gasteiger partial charge is 0.306 e. The molecular formula is C48H84N4O9. The number of allylic oxidation sites excluding steroid dienone is 6. The first-order chi connectivity index (χ1) is 29.0. The Morgan fingerprint density at radius 1 is 0.426 bits per heavy atom. The molecule has 0 rings (SSSR count). The van der Waals surface area contributed by atoms with Crippen LogP contribution < -0.4 is 16.0 Å². The van der Waals surface area contributed by atoms with Crippen molar-refractivity contribution in [2.24, 2.45) is 17.8 Å². The summed E-state index contributed by atoms with van der Waals surface area (Å²) in [5.74, 6) is -0.728. The van der Waals surface area contributed by atoms with Crippen LogP contribution in [0.1, 0.15) is 159 Å². The van der Waals surface area contributed by atoms with Crippen molar-refractivity contribution in [1.29, 1.82) is 0 Å². The van der Waals surface area contributed by atoms with Crippen LogP contribution in [-0.2, 0) is 43.0 Å². The highest BCUT2D eigenvalue weighted by atomic mass is 16.5. The Balaban J connectivity index is 4.77. The maximum atomic E-state index is 12.5. The highest BCUT2D eigenvalue weighted by molar-refractivity contribution is 5.82. The van der Waals surface area contributed by atoms with E-state index in [1.165, 1.54) is 16.7 Å². The molecule has 0 fully saturated rings. The number of nitrogens with zero attached hydrogens (tertiary/aromatic N) is 1. The predicted octanol–water partition coefficient (Wildman–Crippen LogP) is 7.93. The lowest BCUT2D eigenvalue weighted by atomic mass is 10.0. The van der Waals surface area contributed by atoms with Crippen molar-refractivity contribution in [1.82, 2.24) is 20.9 Å². The Hall–Kier alpha value is -4.00. The molecule has 0 aromatic carbocycles. The molecule has 0 radical (unpaired) electrons. The number of ether oxygens (including phenoxy) is 3. The van der Waals surface area contributed by atoms with E-state index in [0.717, 1.165) is 57.8 Å². The summed E-state index contributed by atoms with van der Waals surface area (Å²) >= 11 is 0. The van der Waals surface area contributed by atoms with E-state index >= 15 is 0 Å². The van der Waals surface area contributed by atoms with Crippen LogP contribution >= 0.6 is 0 Å². The van der Waals surface area contributed by atoms with Crippen molar-refractivity contribution in [3.05, 3.63) is 34.9 Å². The molecule has 61 heavy (non-hydrogen) atoms. The second-order valence-electron chi connectivity index (χ2n) is 17.3. The maximum absolute atomic E-state index is 12.5. The molecule has 0 spiro atoms. The van der Waals surface area contributed by atoms with Crippen LogP contribution in [0.5, 0.6) is 0 Å². The number of rotatable bonds is 36. The quantitative estimate of drug-likeness (QED) is 0.0320. The lowest BCUT2D eigenvalue weighted by molar-refractivity contribution is -0.145. The van der Waals surface area contributed by atoms with E-state index in [1.807, 2.05) is 4.90 Å². The summed E-state index contributed by atoms with van der Waals surface area (Å²) in [6, 6.07) is 0. The first kappa shape index (κ1) is 57.0. The first-order valence-electron chi connectivity index (χ1n) is 22.9. The van der Waals surface area contributed by atoms with E-state index in [0.29, 0.717) is 57.2 Å². The Morgan fingerprint density at radius 3 is 0.934 bits per heavy atom. The van der Waals surface area contributed by atoms with Gasteiger partial charge in [0, 0.05) is 58.5 Å². The molecule has 13 heteroatoms. The van der Waals surface area contributed by atoms with Gasteiger partial charge in [0.2, 0.25) is 17.7 Å². The van der Waals surface area contributed by atoms with Crippen LogP contribution in [0.2, 0.25) is 0 Å². The summed E-state index contributed by atoms with van der Waals surface area (Å²) in [6.45, 7) is 22.0. The van der Waals surface area contributed by atoms with Crippen molar-refractivity contribution in [2.45, 2.75) is 159 Å². The van der Waals surface area contributed by atoms with E-state index in [9.17, 15) is 28.8 Å². The maximum Gasteiger partial charge on any atom is 0.306 e. The van der Waals surface area contributed by atoms with Crippen LogP contribution in [0.3, 0.4) is 0 Å². The molecule has 0 aliphatic heterocycles. The van der Waals surface area contributed by atoms with Crippen LogP contribution in [0.15, 0.2) is 34.9 Å². The highest BCUT2D eigenvalue weighted by Gasteiger charge is 2.14. The Kier molecular flexibility index (Phi) is 34.2. The molecule has 0 aromatic rings. The molecule has 0 heterocycles. The van der Waals surface area contributed by atoms with Gasteiger partial charge < -0.3 is 30.2 Å². The van der Waals surface area contributed by atoms with Crippen molar-refractivity contribution in [3.63, 3.8) is 0 Å². The van der Waals surface area contributed by atoms with E-state index in [2.05, 4.69) is 96.5 Å². The number of amides is 3. The molecule has 0 saturated heterocycles. The summed E-state index contributed by atoms with van der Waals surface area (Å²) in [7, 11) is 0. The standard InChI is InChI=1S/C48H84N4O9/c1-37(2)13-10-16-40(7)25-34-59-46(56)22-19-43(53)49-28-31-52(32-29-50-44(54)20-23-47(57)60-35-26-41(8)17-11-14-38(3)4)33-30-51-45(55)21-24-48(58)61-36-27-42(9)18-12-15-39(5)6/h13-15,40-42H,10-12,16-36H2,1-9H3,(H,49,53)(H,50,54)(H,51,55). The number of carbonyl (C=O) groups is 6. The first-order valence-corrected chi connectivity index (χ1v) is 22.9. The number of nitrogens with one attached hydrogen (secondary N) is 3. The highest BCUT2D eigenvalue weighted by Crippen LogP contribution is 2.14. The summed E-state index contributed by atoms with van der Waals surface area (Å²) in [6.07, 6.45) is 15.1. The van der Waals surface area contributed by atoms with Gasteiger partial charge in [0.1, 0.15) is 0 Å². The monoisotopic (exact) mass is 861 g/mol. The molecule has 350 valence electrons. The van der Waals surface area contributed by atoms with Gasteiger partial charge in [0.15, 0.2) is 0 Å². The van der Waals surface area contributed by atoms with Crippen molar-refractivity contribution >= 4 is 35.6 Å². The Morgan fingerprint density at radius 2 is 0.689 bits per heavy atom. The molecular weight excluding hydrogens is 777 g/mol. The van der Waals surface area contributed by atoms with Crippen LogP contribution in [-0.4, -0.2) is 99.6 Å². The SMILES string of the molecule is CC(C)=CCCC(C)CCOC(=O)CCC(=O)NCCN(CCNC(=O)CCC(=O)OCCC(C)CCC=C(C)C)CCNC(=O)CCC(=O)OCCC(C)CCC=C(C)C. The van der Waals surface area contributed by atoms with Gasteiger partial charge in [-0.25, -0.2) is 0 Å². The second kappa shape index (κ2) is 36.6. The van der Waals surface area contributed by atoms with Gasteiger partial charge in [-0.3, -0.25) is 33.7 Å². The van der Waals surface area contributed by atoms with Gasteiger partial charge in [-0.2, -0.15) is 0 Å². The van der Waals surface area contributed by atoms with E-state index < -0.39 is 17.9 Å². The number of hydrogen-bond donors (Lipinski definition) is 3. The van der Waals surface area contributed by atoms with Crippen molar-refractivity contribution in [2.75, 3.05) is 59.1 Å². The fourth-order valence-corrected chi connectivity index (χ4v) is 6.05. The molecule has 0 aliphatic carbocycles. The molecule has 13 nitrogen and oxygen atoms in total. The van der Waals surface area contributed by atoms with E-state index in [-0.39, 0.29) is 75.9 Å². The van der Waals surface area contributed by atoms with Gasteiger partial charge in [0.05, 0.1) is 39.1 Å². The summed E-state index contributed by atoms with van der Waals surface area (Å²) in [5.41, 5.74) is 3.88. The largest absolute Gasteiger partial charge is 0.466 e. The van der Waals surface area contributed by atoms with Crippen molar-refractivity contribution < 1.29 is 43.0 Å². The molecule has 0 saturated carbocycles. The minimum Gasteiger partial charge on any atom is -0.466 e. The number of hydrogen-bond acceptors (Lipinski definition) is 10. The number of carbonyl (C=O) groups excluding carboxylic acids is 6. The van der Waals surface area contributed by atoms with Gasteiger partial charge in [-0.05, 0) is 117 Å². The molecule has 0 aromatic heterocycles. The van der Waals surface area contributed by atoms with Crippen LogP contribution in [0, 0.1) is 17.8 Å². The minimum absolute atomic E-state index is 0.00764. The summed E-state index contributed by atoms with van der Waals surface area (Å²) in [5, 5.41) is 8.52. The summed E-state index contributed by atoms with van der Waals surface area (Å²) in [4.78, 5) is 76.3. The van der Waals surface area contributed by atoms with Gasteiger partial charge in [0.25, 0.3) is 0 Å². The molecule has 3 N–H and O–H groups in total. The van der Waals surface area contributed by atoms with E-state index in [4.69, 9.17) is 14.2 Å². The zero-order valence-corrected chi connectivity index (χ0v) is 39.6. The Bertz CT molecular complexity index is 1200. The third kappa shape index (κ3) is 38.6. The third-order valence-electron chi connectivity index (χ3n) is 10.2. The topological polar surface area (TPSA) is 169 Å². The van der Waals surface area contributed by atoms with Gasteiger partial charge in [-0.15, -0.1) is 0 Å². The van der Waals surface area contributed by atoms with Crippen LogP contribution in [0.25, 0.3) is 0 Å². The lowest BCUT2D eigenvalue weighted by Gasteiger charge is -2.23. The fraction of sp³-hybridized carbons (Fsp3) is 0.750. The summed E-state index contributed by atoms with van der Waals surface area (Å²) < 4.78 is 16.0. The third-order valence-corrected chi connectivity index (χ3v) is 10.2. The fourth-order valence-electron chi connectivity index (χ4n) is 6.05. The van der Waals surface area contributed by atoms with Gasteiger partial charge in [-0.1, -0.05) is 55.7 Å². The molecule has 3 unspecified atom stereocenters. The minimum atomic E-state index is -0.401. The molecule has 3 atom stereocenters. The molecule has 0 bridgehead atoms. The van der Waals surface area contributed by atoms with Crippen molar-refractivity contribution in [3.8, 4) is 0 Å². The zero-order chi connectivity index (χ0) is 45.8. The van der Waals surface area contributed by atoms with Crippen LogP contribution in [0.4, 0.5) is 0 Å². The lowest BCUT2D eigenvalue weighted by Crippen LogP contribution is -2.43. The Labute approximate surface area is 369 Å².